The zero-order valence-corrected chi connectivity index (χ0v) is 13.7. The Morgan fingerprint density at radius 1 is 1.23 bits per heavy atom. The fourth-order valence-corrected chi connectivity index (χ4v) is 3.16. The molecule has 1 aromatic rings. The lowest BCUT2D eigenvalue weighted by molar-refractivity contribution is -0.155. The van der Waals surface area contributed by atoms with Gasteiger partial charge >= 0.3 is 5.97 Å². The van der Waals surface area contributed by atoms with Gasteiger partial charge < -0.3 is 9.64 Å². The first-order valence-electron chi connectivity index (χ1n) is 8.05. The van der Waals surface area contributed by atoms with Gasteiger partial charge in [0.2, 0.25) is 0 Å². The minimum absolute atomic E-state index is 0.00211. The molecule has 1 fully saturated rings. The minimum atomic E-state index is -0.523. The number of benzene rings is 1. The fourth-order valence-electron chi connectivity index (χ4n) is 3.16. The van der Waals surface area contributed by atoms with Crippen LogP contribution in [-0.2, 0) is 9.53 Å². The van der Waals surface area contributed by atoms with Gasteiger partial charge in [-0.3, -0.25) is 9.59 Å². The van der Waals surface area contributed by atoms with Crippen molar-refractivity contribution < 1.29 is 14.3 Å². The summed E-state index contributed by atoms with van der Waals surface area (Å²) in [4.78, 5) is 26.7. The summed E-state index contributed by atoms with van der Waals surface area (Å²) in [6, 6.07) is 7.57. The first-order valence-corrected chi connectivity index (χ1v) is 8.05. The minimum Gasteiger partial charge on any atom is -0.466 e. The molecular weight excluding hydrogens is 278 g/mol. The number of hydrogen-bond acceptors (Lipinski definition) is 3. The van der Waals surface area contributed by atoms with Crippen LogP contribution in [0.15, 0.2) is 24.3 Å². The van der Waals surface area contributed by atoms with Gasteiger partial charge in [-0.25, -0.2) is 0 Å². The Hall–Kier alpha value is -1.84. The van der Waals surface area contributed by atoms with Crippen LogP contribution in [0.3, 0.4) is 0 Å². The van der Waals surface area contributed by atoms with Crippen LogP contribution < -0.4 is 0 Å². The number of ether oxygens (including phenoxy) is 1. The lowest BCUT2D eigenvalue weighted by atomic mass is 9.82. The molecule has 0 N–H and O–H groups in total. The van der Waals surface area contributed by atoms with Crippen LogP contribution in [0.1, 0.15) is 49.0 Å². The second-order valence-electron chi connectivity index (χ2n) is 6.09. The zero-order valence-electron chi connectivity index (χ0n) is 13.7. The van der Waals surface area contributed by atoms with Gasteiger partial charge in [0.25, 0.3) is 5.91 Å². The normalized spacial score (nSPS) is 21.0. The van der Waals surface area contributed by atoms with Crippen molar-refractivity contribution in [3.05, 3.63) is 35.4 Å². The molecule has 1 aromatic carbocycles. The van der Waals surface area contributed by atoms with E-state index in [0.717, 1.165) is 18.4 Å². The molecule has 1 amide bonds. The van der Waals surface area contributed by atoms with Gasteiger partial charge in [-0.15, -0.1) is 0 Å². The smallest absolute Gasteiger partial charge is 0.313 e. The molecule has 22 heavy (non-hydrogen) atoms. The van der Waals surface area contributed by atoms with Crippen molar-refractivity contribution in [3.63, 3.8) is 0 Å². The first-order chi connectivity index (χ1) is 10.5. The highest BCUT2D eigenvalue weighted by Gasteiger charge is 2.46. The summed E-state index contributed by atoms with van der Waals surface area (Å²) in [7, 11) is 0. The van der Waals surface area contributed by atoms with E-state index < -0.39 is 5.41 Å². The fraction of sp³-hybridized carbons (Fsp3) is 0.556. The van der Waals surface area contributed by atoms with E-state index in [-0.39, 0.29) is 11.9 Å². The predicted octanol–water partition coefficient (Wildman–Crippen LogP) is 3.19. The molecule has 1 unspecified atom stereocenters. The van der Waals surface area contributed by atoms with Crippen molar-refractivity contribution in [3.8, 4) is 0 Å². The molecule has 1 saturated heterocycles. The van der Waals surface area contributed by atoms with Gasteiger partial charge in [-0.2, -0.15) is 0 Å². The number of nitrogens with zero attached hydrogens (tertiary/aromatic N) is 1. The highest BCUT2D eigenvalue weighted by molar-refractivity contribution is 5.95. The second-order valence-corrected chi connectivity index (χ2v) is 6.09. The van der Waals surface area contributed by atoms with Gasteiger partial charge in [-0.05, 0) is 38.8 Å². The van der Waals surface area contributed by atoms with Crippen molar-refractivity contribution >= 4 is 11.9 Å². The standard InChI is InChI=1S/C18H25NO3/c1-4-10-18(17(21)22-5-2)11-12-19(13-18)16(20)15-8-6-14(3)7-9-15/h6-9H,4-5,10-13H2,1-3H3. The summed E-state index contributed by atoms with van der Waals surface area (Å²) in [6.07, 6.45) is 2.37. The Morgan fingerprint density at radius 3 is 2.50 bits per heavy atom. The third kappa shape index (κ3) is 3.32. The maximum Gasteiger partial charge on any atom is 0.313 e. The molecule has 4 nitrogen and oxygen atoms in total. The van der Waals surface area contributed by atoms with Crippen molar-refractivity contribution in [2.24, 2.45) is 5.41 Å². The molecule has 0 spiro atoms. The topological polar surface area (TPSA) is 46.6 Å². The summed E-state index contributed by atoms with van der Waals surface area (Å²) >= 11 is 0. The first kappa shape index (κ1) is 16.5. The highest BCUT2D eigenvalue weighted by atomic mass is 16.5. The van der Waals surface area contributed by atoms with Crippen molar-refractivity contribution in [2.75, 3.05) is 19.7 Å². The molecule has 0 aromatic heterocycles. The van der Waals surface area contributed by atoms with Gasteiger partial charge in [0.15, 0.2) is 0 Å². The summed E-state index contributed by atoms with van der Waals surface area (Å²) in [5, 5.41) is 0. The Bertz CT molecular complexity index is 538. The van der Waals surface area contributed by atoms with E-state index in [1.165, 1.54) is 0 Å². The van der Waals surface area contributed by atoms with E-state index in [4.69, 9.17) is 4.74 Å². The van der Waals surface area contributed by atoms with Gasteiger partial charge in [-0.1, -0.05) is 31.0 Å². The van der Waals surface area contributed by atoms with Crippen LogP contribution in [0.25, 0.3) is 0 Å². The Kier molecular flexibility index (Phi) is 5.22. The van der Waals surface area contributed by atoms with Crippen LogP contribution in [-0.4, -0.2) is 36.5 Å². The maximum atomic E-state index is 12.6. The molecule has 1 heterocycles. The van der Waals surface area contributed by atoms with Gasteiger partial charge in [0.05, 0.1) is 12.0 Å². The molecule has 120 valence electrons. The van der Waals surface area contributed by atoms with Crippen LogP contribution >= 0.6 is 0 Å². The predicted molar refractivity (Wildman–Crippen MR) is 85.7 cm³/mol. The van der Waals surface area contributed by atoms with E-state index in [1.807, 2.05) is 38.1 Å². The zero-order chi connectivity index (χ0) is 16.2. The van der Waals surface area contributed by atoms with Gasteiger partial charge in [0, 0.05) is 18.7 Å². The van der Waals surface area contributed by atoms with E-state index in [1.54, 1.807) is 4.90 Å². The van der Waals surface area contributed by atoms with Crippen molar-refractivity contribution in [1.82, 2.24) is 4.90 Å². The number of amides is 1. The maximum absolute atomic E-state index is 12.6. The molecule has 0 bridgehead atoms. The van der Waals surface area contributed by atoms with E-state index in [2.05, 4.69) is 6.92 Å². The van der Waals surface area contributed by atoms with Crippen LogP contribution in [0.2, 0.25) is 0 Å². The Balaban J connectivity index is 2.13. The molecular formula is C18H25NO3. The van der Waals surface area contributed by atoms with Crippen LogP contribution in [0.5, 0.6) is 0 Å². The van der Waals surface area contributed by atoms with Crippen molar-refractivity contribution in [1.29, 1.82) is 0 Å². The molecule has 1 atom stereocenters. The SMILES string of the molecule is CCCC1(C(=O)OCC)CCN(C(=O)c2ccc(C)cc2)C1. The van der Waals surface area contributed by atoms with Crippen LogP contribution in [0.4, 0.5) is 0 Å². The highest BCUT2D eigenvalue weighted by Crippen LogP contribution is 2.37. The lowest BCUT2D eigenvalue weighted by Crippen LogP contribution is -2.38. The summed E-state index contributed by atoms with van der Waals surface area (Å²) in [5.41, 5.74) is 1.29. The summed E-state index contributed by atoms with van der Waals surface area (Å²) < 4.78 is 5.25. The van der Waals surface area contributed by atoms with Gasteiger partial charge in [0.1, 0.15) is 0 Å². The monoisotopic (exact) mass is 303 g/mol. The Labute approximate surface area is 132 Å². The largest absolute Gasteiger partial charge is 0.466 e. The number of carbonyl (C=O) groups excluding carboxylic acids is 2. The summed E-state index contributed by atoms with van der Waals surface area (Å²) in [5.74, 6) is -0.154. The number of likely N-dealkylation sites (tertiary alicyclic amines) is 1. The Morgan fingerprint density at radius 2 is 1.91 bits per heavy atom. The van der Waals surface area contributed by atoms with Crippen LogP contribution in [0, 0.1) is 12.3 Å². The molecule has 0 radical (unpaired) electrons. The third-order valence-electron chi connectivity index (χ3n) is 4.38. The summed E-state index contributed by atoms with van der Waals surface area (Å²) in [6.45, 7) is 7.35. The average Bonchev–Trinajstić information content (AvgIpc) is 2.93. The lowest BCUT2D eigenvalue weighted by Gasteiger charge is -2.26. The molecule has 0 saturated carbocycles. The number of carbonyl (C=O) groups is 2. The second kappa shape index (κ2) is 6.95. The third-order valence-corrected chi connectivity index (χ3v) is 4.38. The molecule has 2 rings (SSSR count). The number of esters is 1. The van der Waals surface area contributed by atoms with E-state index >= 15 is 0 Å². The van der Waals surface area contributed by atoms with Crippen molar-refractivity contribution in [2.45, 2.75) is 40.0 Å². The molecule has 0 aliphatic carbocycles. The molecule has 1 aliphatic rings. The van der Waals surface area contributed by atoms with E-state index in [0.29, 0.717) is 31.7 Å². The molecule has 4 heteroatoms. The average molecular weight is 303 g/mol. The molecule has 1 aliphatic heterocycles. The van der Waals surface area contributed by atoms with E-state index in [9.17, 15) is 9.59 Å². The number of aryl methyl sites for hydroxylation is 1. The quantitative estimate of drug-likeness (QED) is 0.785. The number of hydrogen-bond donors (Lipinski definition) is 0. The number of rotatable bonds is 5.